The fourth-order valence-electron chi connectivity index (χ4n) is 5.09. The minimum atomic E-state index is -0.687. The molecule has 1 atom stereocenters. The summed E-state index contributed by atoms with van der Waals surface area (Å²) in [5, 5.41) is 10.9. The van der Waals surface area contributed by atoms with Gasteiger partial charge in [-0.05, 0) is 41.3 Å². The van der Waals surface area contributed by atoms with Crippen LogP contribution < -0.4 is 4.74 Å². The van der Waals surface area contributed by atoms with Gasteiger partial charge in [-0.3, -0.25) is 14.5 Å². The Balaban J connectivity index is 1.35. The topological polar surface area (TPSA) is 79.3 Å². The van der Waals surface area contributed by atoms with Gasteiger partial charge >= 0.3 is 0 Å². The summed E-state index contributed by atoms with van der Waals surface area (Å²) in [6.07, 6.45) is 3.84. The number of carbonyl (C=O) groups is 2. The lowest BCUT2D eigenvalue weighted by Crippen LogP contribution is -2.39. The Morgan fingerprint density at radius 3 is 2.30 bits per heavy atom. The second kappa shape index (κ2) is 13.2. The number of benzene rings is 3. The Kier molecular flexibility index (Phi) is 9.06. The lowest BCUT2D eigenvalue weighted by molar-refractivity contribution is -0.129. The van der Waals surface area contributed by atoms with Gasteiger partial charge in [0.15, 0.2) is 11.5 Å². The number of rotatable bonds is 11. The van der Waals surface area contributed by atoms with Gasteiger partial charge in [0.2, 0.25) is 0 Å². The molecular weight excluding hydrogens is 504 g/mol. The number of ether oxygens (including phenoxy) is 2. The zero-order chi connectivity index (χ0) is 27.7. The van der Waals surface area contributed by atoms with E-state index in [4.69, 9.17) is 9.47 Å². The van der Waals surface area contributed by atoms with Crippen LogP contribution >= 0.6 is 0 Å². The highest BCUT2D eigenvalue weighted by molar-refractivity contribution is 6.14. The first kappa shape index (κ1) is 27.4. The van der Waals surface area contributed by atoms with Gasteiger partial charge in [0.1, 0.15) is 12.4 Å². The molecule has 5 rings (SSSR count). The molecule has 1 saturated heterocycles. The molecule has 1 amide bonds. The molecule has 0 aromatic heterocycles. The van der Waals surface area contributed by atoms with E-state index in [2.05, 4.69) is 4.90 Å². The zero-order valence-corrected chi connectivity index (χ0v) is 22.4. The van der Waals surface area contributed by atoms with Crippen LogP contribution in [0.3, 0.4) is 0 Å². The van der Waals surface area contributed by atoms with E-state index < -0.39 is 17.7 Å². The van der Waals surface area contributed by atoms with E-state index in [1.165, 1.54) is 6.08 Å². The van der Waals surface area contributed by atoms with E-state index in [0.29, 0.717) is 32.1 Å². The van der Waals surface area contributed by atoms with Crippen LogP contribution in [0.4, 0.5) is 0 Å². The van der Waals surface area contributed by atoms with Crippen molar-refractivity contribution in [2.45, 2.75) is 19.1 Å². The molecule has 1 unspecified atom stereocenters. The highest BCUT2D eigenvalue weighted by atomic mass is 16.5. The van der Waals surface area contributed by atoms with Crippen LogP contribution in [0.15, 0.2) is 102 Å². The van der Waals surface area contributed by atoms with Crippen LogP contribution in [0, 0.1) is 0 Å². The maximum Gasteiger partial charge on any atom is 0.290 e. The van der Waals surface area contributed by atoms with E-state index in [0.717, 1.165) is 42.7 Å². The molecule has 0 saturated carbocycles. The molecule has 0 bridgehead atoms. The summed E-state index contributed by atoms with van der Waals surface area (Å²) < 4.78 is 11.4. The standard InChI is InChI=1S/C33H34N2O5/c36-29(17-12-25-8-3-1-4-9-25)30-31(27-13-15-28(16-14-27)40-24-26-10-5-2-6-11-26)35(33(38)32(30)37)19-7-18-34-20-22-39-23-21-34/h1-6,8-17,31,37H,7,18-24H2. The van der Waals surface area contributed by atoms with Crippen molar-refractivity contribution in [1.29, 1.82) is 0 Å². The summed E-state index contributed by atoms with van der Waals surface area (Å²) in [6.45, 7) is 4.79. The molecule has 7 heteroatoms. The first-order valence-corrected chi connectivity index (χ1v) is 13.7. The predicted molar refractivity (Wildman–Crippen MR) is 154 cm³/mol. The van der Waals surface area contributed by atoms with Crippen molar-refractivity contribution in [2.75, 3.05) is 39.4 Å². The fourth-order valence-corrected chi connectivity index (χ4v) is 5.09. The Hall–Kier alpha value is -4.20. The summed E-state index contributed by atoms with van der Waals surface area (Å²) in [5.41, 5.74) is 2.76. The van der Waals surface area contributed by atoms with Crippen molar-refractivity contribution in [3.8, 4) is 5.75 Å². The molecule has 40 heavy (non-hydrogen) atoms. The third kappa shape index (κ3) is 6.68. The molecule has 2 aliphatic rings. The zero-order valence-electron chi connectivity index (χ0n) is 22.4. The largest absolute Gasteiger partial charge is 0.503 e. The lowest BCUT2D eigenvalue weighted by atomic mass is 9.95. The van der Waals surface area contributed by atoms with Crippen molar-refractivity contribution in [3.63, 3.8) is 0 Å². The van der Waals surface area contributed by atoms with E-state index in [9.17, 15) is 14.7 Å². The summed E-state index contributed by atoms with van der Waals surface area (Å²) in [7, 11) is 0. The summed E-state index contributed by atoms with van der Waals surface area (Å²) in [5.74, 6) is -0.711. The number of nitrogens with zero attached hydrogens (tertiary/aromatic N) is 2. The van der Waals surface area contributed by atoms with Crippen molar-refractivity contribution in [1.82, 2.24) is 9.80 Å². The van der Waals surface area contributed by atoms with Crippen LogP contribution in [-0.4, -0.2) is 66.0 Å². The molecule has 3 aromatic rings. The van der Waals surface area contributed by atoms with Crippen LogP contribution in [0.2, 0.25) is 0 Å². The van der Waals surface area contributed by atoms with Crippen molar-refractivity contribution < 1.29 is 24.2 Å². The van der Waals surface area contributed by atoms with Gasteiger partial charge in [0.25, 0.3) is 5.91 Å². The van der Waals surface area contributed by atoms with Crippen LogP contribution in [0.25, 0.3) is 6.08 Å². The number of amides is 1. The summed E-state index contributed by atoms with van der Waals surface area (Å²) in [6, 6.07) is 26.1. The normalized spacial score (nSPS) is 18.1. The number of aliphatic hydroxyl groups excluding tert-OH is 1. The summed E-state index contributed by atoms with van der Waals surface area (Å²) in [4.78, 5) is 30.6. The molecular formula is C33H34N2O5. The third-order valence-corrected chi connectivity index (χ3v) is 7.22. The third-order valence-electron chi connectivity index (χ3n) is 7.22. The van der Waals surface area contributed by atoms with Gasteiger partial charge in [-0.1, -0.05) is 78.9 Å². The molecule has 3 aromatic carbocycles. The average Bonchev–Trinajstić information content (AvgIpc) is 3.26. The smallest absolute Gasteiger partial charge is 0.290 e. The number of morpholine rings is 1. The highest BCUT2D eigenvalue weighted by Crippen LogP contribution is 2.38. The Labute approximate surface area is 234 Å². The van der Waals surface area contributed by atoms with Gasteiger partial charge in [0.05, 0.1) is 24.8 Å². The van der Waals surface area contributed by atoms with Gasteiger partial charge in [-0.25, -0.2) is 0 Å². The highest BCUT2D eigenvalue weighted by Gasteiger charge is 2.42. The number of allylic oxidation sites excluding steroid dienone is 1. The first-order chi connectivity index (χ1) is 19.6. The molecule has 7 nitrogen and oxygen atoms in total. The Bertz CT molecular complexity index is 1350. The molecule has 2 aliphatic heterocycles. The van der Waals surface area contributed by atoms with Crippen LogP contribution in [0.1, 0.15) is 29.2 Å². The molecule has 0 spiro atoms. The number of hydrogen-bond donors (Lipinski definition) is 1. The predicted octanol–water partition coefficient (Wildman–Crippen LogP) is 4.97. The van der Waals surface area contributed by atoms with Gasteiger partial charge in [-0.15, -0.1) is 0 Å². The minimum absolute atomic E-state index is 0.0986. The Morgan fingerprint density at radius 1 is 0.925 bits per heavy atom. The minimum Gasteiger partial charge on any atom is -0.503 e. The first-order valence-electron chi connectivity index (χ1n) is 13.7. The van der Waals surface area contributed by atoms with E-state index in [1.54, 1.807) is 11.0 Å². The molecule has 1 N–H and O–H groups in total. The second-order valence-electron chi connectivity index (χ2n) is 9.92. The fraction of sp³-hybridized carbons (Fsp3) is 0.273. The molecule has 2 heterocycles. The Morgan fingerprint density at radius 2 is 1.60 bits per heavy atom. The quantitative estimate of drug-likeness (QED) is 0.348. The molecule has 206 valence electrons. The lowest BCUT2D eigenvalue weighted by Gasteiger charge is -2.30. The van der Waals surface area contributed by atoms with Gasteiger partial charge < -0.3 is 19.5 Å². The second-order valence-corrected chi connectivity index (χ2v) is 9.92. The number of aliphatic hydroxyl groups is 1. The molecule has 1 fully saturated rings. The summed E-state index contributed by atoms with van der Waals surface area (Å²) >= 11 is 0. The number of carbonyl (C=O) groups excluding carboxylic acids is 2. The van der Waals surface area contributed by atoms with Crippen LogP contribution in [0.5, 0.6) is 5.75 Å². The van der Waals surface area contributed by atoms with Gasteiger partial charge in [0, 0.05) is 26.2 Å². The van der Waals surface area contributed by atoms with Crippen LogP contribution in [-0.2, 0) is 20.9 Å². The molecule has 0 aliphatic carbocycles. The van der Waals surface area contributed by atoms with E-state index >= 15 is 0 Å². The van der Waals surface area contributed by atoms with Crippen molar-refractivity contribution in [3.05, 3.63) is 119 Å². The van der Waals surface area contributed by atoms with E-state index in [-0.39, 0.29) is 11.4 Å². The van der Waals surface area contributed by atoms with Crippen molar-refractivity contribution in [2.24, 2.45) is 0 Å². The molecule has 0 radical (unpaired) electrons. The SMILES string of the molecule is O=C(C=Cc1ccccc1)C1=C(O)C(=O)N(CCCN2CCOCC2)C1c1ccc(OCc2ccccc2)cc1. The maximum absolute atomic E-state index is 13.4. The van der Waals surface area contributed by atoms with Crippen molar-refractivity contribution >= 4 is 17.8 Å². The van der Waals surface area contributed by atoms with E-state index in [1.807, 2.05) is 84.9 Å². The maximum atomic E-state index is 13.4. The number of hydrogen-bond acceptors (Lipinski definition) is 6. The average molecular weight is 539 g/mol. The number of ketones is 1. The van der Waals surface area contributed by atoms with Gasteiger partial charge in [-0.2, -0.15) is 0 Å². The monoisotopic (exact) mass is 538 g/mol.